The van der Waals surface area contributed by atoms with Crippen LogP contribution >= 0.6 is 0 Å². The first-order valence-corrected chi connectivity index (χ1v) is 9.38. The smallest absolute Gasteiger partial charge is 0.254 e. The zero-order chi connectivity index (χ0) is 21.1. The molecule has 30 heavy (non-hydrogen) atoms. The Morgan fingerprint density at radius 1 is 1.17 bits per heavy atom. The Morgan fingerprint density at radius 2 is 1.97 bits per heavy atom. The Bertz CT molecular complexity index is 1210. The van der Waals surface area contributed by atoms with Crippen molar-refractivity contribution in [3.63, 3.8) is 0 Å². The fraction of sp³-hybridized carbons (Fsp3) is 0.130. The number of aromatic nitrogens is 2. The van der Waals surface area contributed by atoms with Crippen molar-refractivity contribution < 1.29 is 19.0 Å². The molecular formula is C23H20FN3O3. The zero-order valence-corrected chi connectivity index (χ0v) is 16.2. The quantitative estimate of drug-likeness (QED) is 0.455. The van der Waals surface area contributed by atoms with Gasteiger partial charge in [-0.2, -0.15) is 5.10 Å². The zero-order valence-electron chi connectivity index (χ0n) is 16.2. The molecule has 0 spiro atoms. The maximum absolute atomic E-state index is 14.5. The van der Waals surface area contributed by atoms with Crippen molar-refractivity contribution in [2.75, 3.05) is 13.7 Å². The minimum Gasteiger partial charge on any atom is -0.497 e. The molecule has 4 aromatic rings. The third-order valence-electron chi connectivity index (χ3n) is 4.97. The van der Waals surface area contributed by atoms with Crippen LogP contribution in [0.2, 0.25) is 0 Å². The summed E-state index contributed by atoms with van der Waals surface area (Å²) in [5.74, 6) is -0.647. The second-order valence-corrected chi connectivity index (χ2v) is 6.85. The van der Waals surface area contributed by atoms with Crippen molar-refractivity contribution in [1.82, 2.24) is 15.5 Å². The molecule has 0 aliphatic rings. The van der Waals surface area contributed by atoms with E-state index in [1.807, 2.05) is 18.2 Å². The van der Waals surface area contributed by atoms with Crippen molar-refractivity contribution in [3.05, 3.63) is 83.8 Å². The van der Waals surface area contributed by atoms with Gasteiger partial charge < -0.3 is 15.2 Å². The van der Waals surface area contributed by atoms with E-state index in [0.29, 0.717) is 16.9 Å². The van der Waals surface area contributed by atoms with Crippen LogP contribution in [0, 0.1) is 5.82 Å². The minimum atomic E-state index is -0.696. The number of hydrogen-bond donors (Lipinski definition) is 3. The number of carbonyl (C=O) groups excluding carboxylic acids is 1. The van der Waals surface area contributed by atoms with Gasteiger partial charge in [-0.3, -0.25) is 9.89 Å². The van der Waals surface area contributed by atoms with Crippen LogP contribution in [-0.2, 0) is 0 Å². The largest absolute Gasteiger partial charge is 0.497 e. The van der Waals surface area contributed by atoms with Crippen LogP contribution < -0.4 is 10.1 Å². The molecule has 0 saturated heterocycles. The van der Waals surface area contributed by atoms with Gasteiger partial charge >= 0.3 is 0 Å². The van der Waals surface area contributed by atoms with Gasteiger partial charge in [0.2, 0.25) is 0 Å². The third kappa shape index (κ3) is 3.88. The van der Waals surface area contributed by atoms with E-state index >= 15 is 0 Å². The summed E-state index contributed by atoms with van der Waals surface area (Å²) in [5, 5.41) is 20.3. The fourth-order valence-electron chi connectivity index (χ4n) is 3.33. The van der Waals surface area contributed by atoms with Crippen LogP contribution in [0.25, 0.3) is 22.0 Å². The minimum absolute atomic E-state index is 0.0962. The lowest BCUT2D eigenvalue weighted by Gasteiger charge is -2.18. The van der Waals surface area contributed by atoms with E-state index in [1.165, 1.54) is 19.2 Å². The van der Waals surface area contributed by atoms with Crippen molar-refractivity contribution in [1.29, 1.82) is 0 Å². The molecule has 0 radical (unpaired) electrons. The van der Waals surface area contributed by atoms with Crippen molar-refractivity contribution in [3.8, 4) is 16.9 Å². The second-order valence-electron chi connectivity index (χ2n) is 6.85. The normalized spacial score (nSPS) is 12.0. The molecule has 0 aliphatic carbocycles. The Balaban J connectivity index is 1.62. The number of fused-ring (bicyclic) bond motifs is 1. The van der Waals surface area contributed by atoms with Crippen LogP contribution in [0.4, 0.5) is 4.39 Å². The number of ether oxygens (including phenoxy) is 1. The van der Waals surface area contributed by atoms with E-state index < -0.39 is 17.8 Å². The number of halogens is 1. The number of nitrogens with zero attached hydrogens (tertiary/aromatic N) is 1. The van der Waals surface area contributed by atoms with E-state index in [9.17, 15) is 14.3 Å². The standard InChI is InChI=1S/C23H20FN3O3/c1-30-18-4-2-3-16(10-18)22(13-28)26-23(29)19-11-15(5-7-20(19)24)14-6-8-21-17(9-14)12-25-27-21/h2-12,22,28H,13H2,1H3,(H,25,27)(H,26,29). The number of hydrogen-bond acceptors (Lipinski definition) is 4. The second kappa shape index (κ2) is 8.34. The number of carbonyl (C=O) groups is 1. The van der Waals surface area contributed by atoms with Gasteiger partial charge in [0.25, 0.3) is 5.91 Å². The molecule has 1 aromatic heterocycles. The maximum Gasteiger partial charge on any atom is 0.254 e. The van der Waals surface area contributed by atoms with Crippen LogP contribution in [-0.4, -0.2) is 34.9 Å². The first-order valence-electron chi connectivity index (χ1n) is 9.38. The van der Waals surface area contributed by atoms with E-state index in [4.69, 9.17) is 4.74 Å². The van der Waals surface area contributed by atoms with Crippen LogP contribution in [0.3, 0.4) is 0 Å². The molecule has 4 rings (SSSR count). The average Bonchev–Trinajstić information content (AvgIpc) is 3.25. The highest BCUT2D eigenvalue weighted by atomic mass is 19.1. The Hall–Kier alpha value is -3.71. The first-order chi connectivity index (χ1) is 14.6. The summed E-state index contributed by atoms with van der Waals surface area (Å²) in [6.45, 7) is -0.336. The van der Waals surface area contributed by atoms with Crippen LogP contribution in [0.1, 0.15) is 22.0 Å². The van der Waals surface area contributed by atoms with E-state index in [1.54, 1.807) is 36.5 Å². The van der Waals surface area contributed by atoms with E-state index in [0.717, 1.165) is 16.5 Å². The summed E-state index contributed by atoms with van der Waals surface area (Å²) in [6, 6.07) is 16.4. The average molecular weight is 405 g/mol. The molecule has 1 amide bonds. The molecule has 0 bridgehead atoms. The maximum atomic E-state index is 14.5. The predicted molar refractivity (Wildman–Crippen MR) is 112 cm³/mol. The lowest BCUT2D eigenvalue weighted by molar-refractivity contribution is 0.0912. The molecule has 0 saturated carbocycles. The van der Waals surface area contributed by atoms with Crippen molar-refractivity contribution in [2.45, 2.75) is 6.04 Å². The number of H-pyrrole nitrogens is 1. The SMILES string of the molecule is COc1cccc(C(CO)NC(=O)c2cc(-c3ccc4[nH]ncc4c3)ccc2F)c1. The lowest BCUT2D eigenvalue weighted by Crippen LogP contribution is -2.31. The third-order valence-corrected chi connectivity index (χ3v) is 4.97. The highest BCUT2D eigenvalue weighted by Gasteiger charge is 2.19. The number of methoxy groups -OCH3 is 1. The molecular weight excluding hydrogens is 385 g/mol. The molecule has 152 valence electrons. The number of nitrogens with one attached hydrogen (secondary N) is 2. The molecule has 3 N–H and O–H groups in total. The van der Waals surface area contributed by atoms with Crippen LogP contribution in [0.5, 0.6) is 5.75 Å². The predicted octanol–water partition coefficient (Wildman–Crippen LogP) is 3.84. The number of benzene rings is 3. The van der Waals surface area contributed by atoms with E-state index in [-0.39, 0.29) is 12.2 Å². The lowest BCUT2D eigenvalue weighted by atomic mass is 10.0. The molecule has 1 unspecified atom stereocenters. The molecule has 0 fully saturated rings. The number of amides is 1. The van der Waals surface area contributed by atoms with Gasteiger partial charge in [0.05, 0.1) is 37.0 Å². The van der Waals surface area contributed by atoms with Gasteiger partial charge in [-0.15, -0.1) is 0 Å². The van der Waals surface area contributed by atoms with Gasteiger partial charge in [0, 0.05) is 5.39 Å². The highest BCUT2D eigenvalue weighted by Crippen LogP contribution is 2.26. The molecule has 3 aromatic carbocycles. The molecule has 7 heteroatoms. The van der Waals surface area contributed by atoms with E-state index in [2.05, 4.69) is 15.5 Å². The summed E-state index contributed by atoms with van der Waals surface area (Å²) in [5.41, 5.74) is 2.99. The monoisotopic (exact) mass is 405 g/mol. The molecule has 0 aliphatic heterocycles. The summed E-state index contributed by atoms with van der Waals surface area (Å²) in [4.78, 5) is 12.8. The Kier molecular flexibility index (Phi) is 5.45. The van der Waals surface area contributed by atoms with Gasteiger partial charge in [-0.25, -0.2) is 4.39 Å². The summed E-state index contributed by atoms with van der Waals surface area (Å²) in [6.07, 6.45) is 1.70. The fourth-order valence-corrected chi connectivity index (χ4v) is 3.33. The van der Waals surface area contributed by atoms with Crippen molar-refractivity contribution in [2.24, 2.45) is 0 Å². The summed E-state index contributed by atoms with van der Waals surface area (Å²) < 4.78 is 19.6. The van der Waals surface area contributed by atoms with Crippen molar-refractivity contribution >= 4 is 16.8 Å². The number of aliphatic hydroxyl groups is 1. The molecule has 1 heterocycles. The van der Waals surface area contributed by atoms with Gasteiger partial charge in [0.15, 0.2) is 0 Å². The van der Waals surface area contributed by atoms with Gasteiger partial charge in [-0.1, -0.05) is 24.3 Å². The molecule has 1 atom stereocenters. The van der Waals surface area contributed by atoms with Gasteiger partial charge in [-0.05, 0) is 53.1 Å². The number of aromatic amines is 1. The van der Waals surface area contributed by atoms with Crippen LogP contribution in [0.15, 0.2) is 66.9 Å². The Labute approximate surface area is 172 Å². The Morgan fingerprint density at radius 3 is 2.77 bits per heavy atom. The topological polar surface area (TPSA) is 87.2 Å². The number of aliphatic hydroxyl groups excluding tert-OH is 1. The molecule has 6 nitrogen and oxygen atoms in total. The van der Waals surface area contributed by atoms with Gasteiger partial charge in [0.1, 0.15) is 11.6 Å². The highest BCUT2D eigenvalue weighted by molar-refractivity contribution is 5.96. The first kappa shape index (κ1) is 19.6. The summed E-state index contributed by atoms with van der Waals surface area (Å²) >= 11 is 0. The summed E-state index contributed by atoms with van der Waals surface area (Å²) in [7, 11) is 1.54. The number of rotatable bonds is 6.